The minimum atomic E-state index is 0.383. The van der Waals surface area contributed by atoms with Gasteiger partial charge < -0.3 is 13.9 Å². The lowest BCUT2D eigenvalue weighted by atomic mass is 10.1. The molecule has 0 spiro atoms. The van der Waals surface area contributed by atoms with Crippen molar-refractivity contribution < 1.29 is 13.9 Å². The lowest BCUT2D eigenvalue weighted by Crippen LogP contribution is -1.99. The summed E-state index contributed by atoms with van der Waals surface area (Å²) < 4.78 is 18.0. The third-order valence-corrected chi connectivity index (χ3v) is 4.78. The van der Waals surface area contributed by atoms with Crippen LogP contribution in [0.3, 0.4) is 0 Å². The number of benzene rings is 2. The van der Waals surface area contributed by atoms with Gasteiger partial charge in [-0.2, -0.15) is 0 Å². The minimum absolute atomic E-state index is 0.383. The molecule has 150 valence electrons. The smallest absolute Gasteiger partial charge is 0.266 e. The standard InChI is InChI=1S/C23H18BrN3O3/c1-28-21-11-5-16(14-17(21)15-29-19-9-7-18(24)8-10-19)6-12-22-26-27-23(30-22)20-4-2-3-13-25-20/h2-14H,15H2,1H3/b12-6-. The average Bonchev–Trinajstić information content (AvgIpc) is 3.27. The molecule has 0 atom stereocenters. The molecular weight excluding hydrogens is 446 g/mol. The van der Waals surface area contributed by atoms with Gasteiger partial charge in [0.25, 0.3) is 5.89 Å². The molecule has 0 aliphatic heterocycles. The van der Waals surface area contributed by atoms with Gasteiger partial charge in [0.05, 0.1) is 7.11 Å². The molecule has 2 heterocycles. The second-order valence-electron chi connectivity index (χ2n) is 6.31. The van der Waals surface area contributed by atoms with Crippen LogP contribution in [0.25, 0.3) is 23.7 Å². The van der Waals surface area contributed by atoms with E-state index in [1.54, 1.807) is 19.4 Å². The summed E-state index contributed by atoms with van der Waals surface area (Å²) >= 11 is 3.42. The van der Waals surface area contributed by atoms with Crippen LogP contribution >= 0.6 is 15.9 Å². The monoisotopic (exact) mass is 463 g/mol. The zero-order valence-electron chi connectivity index (χ0n) is 16.2. The van der Waals surface area contributed by atoms with Crippen LogP contribution in [0.15, 0.2) is 75.8 Å². The Kier molecular flexibility index (Phi) is 6.20. The van der Waals surface area contributed by atoms with E-state index in [2.05, 4.69) is 31.1 Å². The van der Waals surface area contributed by atoms with Gasteiger partial charge in [-0.25, -0.2) is 0 Å². The molecule has 0 amide bonds. The van der Waals surface area contributed by atoms with Crippen LogP contribution in [0.4, 0.5) is 0 Å². The van der Waals surface area contributed by atoms with Gasteiger partial charge in [0.15, 0.2) is 0 Å². The van der Waals surface area contributed by atoms with E-state index in [4.69, 9.17) is 13.9 Å². The Morgan fingerprint density at radius 3 is 2.63 bits per heavy atom. The topological polar surface area (TPSA) is 70.3 Å². The molecule has 0 bridgehead atoms. The van der Waals surface area contributed by atoms with Gasteiger partial charge in [-0.3, -0.25) is 4.98 Å². The molecule has 2 aromatic carbocycles. The molecule has 0 unspecified atom stereocenters. The largest absolute Gasteiger partial charge is 0.496 e. The number of halogens is 1. The molecule has 0 saturated carbocycles. The first-order valence-corrected chi connectivity index (χ1v) is 9.99. The van der Waals surface area contributed by atoms with E-state index in [1.807, 2.05) is 66.7 Å². The summed E-state index contributed by atoms with van der Waals surface area (Å²) in [6, 6.07) is 19.1. The fourth-order valence-corrected chi connectivity index (χ4v) is 3.03. The van der Waals surface area contributed by atoms with Gasteiger partial charge in [-0.15, -0.1) is 10.2 Å². The molecule has 7 heteroatoms. The number of pyridine rings is 1. The quantitative estimate of drug-likeness (QED) is 0.352. The number of methoxy groups -OCH3 is 1. The summed E-state index contributed by atoms with van der Waals surface area (Å²) in [5.41, 5.74) is 2.53. The van der Waals surface area contributed by atoms with Crippen LogP contribution in [0.2, 0.25) is 0 Å². The predicted octanol–water partition coefficient (Wildman–Crippen LogP) is 5.65. The Bertz CT molecular complexity index is 1140. The van der Waals surface area contributed by atoms with E-state index in [0.717, 1.165) is 27.1 Å². The number of rotatable bonds is 7. The van der Waals surface area contributed by atoms with Crippen molar-refractivity contribution in [2.75, 3.05) is 7.11 Å². The van der Waals surface area contributed by atoms with Crippen LogP contribution in [0, 0.1) is 0 Å². The van der Waals surface area contributed by atoms with Crippen molar-refractivity contribution in [3.63, 3.8) is 0 Å². The zero-order valence-corrected chi connectivity index (χ0v) is 17.7. The van der Waals surface area contributed by atoms with Gasteiger partial charge in [0.1, 0.15) is 23.8 Å². The summed E-state index contributed by atoms with van der Waals surface area (Å²) in [5.74, 6) is 2.33. The van der Waals surface area contributed by atoms with Gasteiger partial charge >= 0.3 is 0 Å². The Hall–Kier alpha value is -3.45. The van der Waals surface area contributed by atoms with Crippen LogP contribution < -0.4 is 9.47 Å². The summed E-state index contributed by atoms with van der Waals surface area (Å²) in [7, 11) is 1.64. The van der Waals surface area contributed by atoms with Crippen molar-refractivity contribution in [1.29, 1.82) is 0 Å². The predicted molar refractivity (Wildman–Crippen MR) is 118 cm³/mol. The number of ether oxygens (including phenoxy) is 2. The maximum Gasteiger partial charge on any atom is 0.266 e. The van der Waals surface area contributed by atoms with Crippen molar-refractivity contribution >= 4 is 28.1 Å². The normalized spacial score (nSPS) is 11.0. The van der Waals surface area contributed by atoms with E-state index < -0.39 is 0 Å². The summed E-state index contributed by atoms with van der Waals surface area (Å²) in [6.45, 7) is 0.386. The Morgan fingerprint density at radius 2 is 1.87 bits per heavy atom. The summed E-state index contributed by atoms with van der Waals surface area (Å²) in [5, 5.41) is 8.09. The fourth-order valence-electron chi connectivity index (χ4n) is 2.77. The summed E-state index contributed by atoms with van der Waals surface area (Å²) in [4.78, 5) is 4.21. The van der Waals surface area contributed by atoms with Crippen molar-refractivity contribution in [3.8, 4) is 23.1 Å². The Balaban J connectivity index is 1.48. The first-order valence-electron chi connectivity index (χ1n) is 9.19. The maximum atomic E-state index is 5.89. The highest BCUT2D eigenvalue weighted by molar-refractivity contribution is 9.10. The van der Waals surface area contributed by atoms with Crippen LogP contribution in [0.1, 0.15) is 17.0 Å². The molecule has 0 radical (unpaired) electrons. The van der Waals surface area contributed by atoms with E-state index in [1.165, 1.54) is 0 Å². The molecule has 4 aromatic rings. The van der Waals surface area contributed by atoms with Gasteiger partial charge in [-0.05, 0) is 60.2 Å². The highest BCUT2D eigenvalue weighted by Gasteiger charge is 2.08. The van der Waals surface area contributed by atoms with Crippen molar-refractivity contribution in [1.82, 2.24) is 15.2 Å². The van der Waals surface area contributed by atoms with Crippen molar-refractivity contribution in [3.05, 3.63) is 88.4 Å². The van der Waals surface area contributed by atoms with E-state index >= 15 is 0 Å². The Labute approximate surface area is 182 Å². The molecule has 0 fully saturated rings. The van der Waals surface area contributed by atoms with Crippen molar-refractivity contribution in [2.45, 2.75) is 6.61 Å². The molecule has 0 aliphatic rings. The molecule has 2 aromatic heterocycles. The fraction of sp³-hybridized carbons (Fsp3) is 0.0870. The van der Waals surface area contributed by atoms with E-state index in [0.29, 0.717) is 24.1 Å². The summed E-state index contributed by atoms with van der Waals surface area (Å²) in [6.07, 6.45) is 5.35. The van der Waals surface area contributed by atoms with E-state index in [-0.39, 0.29) is 0 Å². The lowest BCUT2D eigenvalue weighted by molar-refractivity contribution is 0.296. The van der Waals surface area contributed by atoms with Crippen molar-refractivity contribution in [2.24, 2.45) is 0 Å². The number of aromatic nitrogens is 3. The van der Waals surface area contributed by atoms with E-state index in [9.17, 15) is 0 Å². The lowest BCUT2D eigenvalue weighted by Gasteiger charge is -2.11. The molecular formula is C23H18BrN3O3. The zero-order chi connectivity index (χ0) is 20.8. The van der Waals surface area contributed by atoms with Crippen LogP contribution in [-0.4, -0.2) is 22.3 Å². The number of nitrogens with zero attached hydrogens (tertiary/aromatic N) is 3. The Morgan fingerprint density at radius 1 is 1.00 bits per heavy atom. The van der Waals surface area contributed by atoms with Crippen LogP contribution in [-0.2, 0) is 6.61 Å². The molecule has 6 nitrogen and oxygen atoms in total. The molecule has 0 saturated heterocycles. The molecule has 0 N–H and O–H groups in total. The highest BCUT2D eigenvalue weighted by Crippen LogP contribution is 2.24. The number of hydrogen-bond donors (Lipinski definition) is 0. The SMILES string of the molecule is COc1ccc(/C=C\c2nnc(-c3ccccn3)o2)cc1COc1ccc(Br)cc1. The molecule has 0 aliphatic carbocycles. The van der Waals surface area contributed by atoms with Gasteiger partial charge in [-0.1, -0.05) is 28.1 Å². The third-order valence-electron chi connectivity index (χ3n) is 4.26. The second kappa shape index (κ2) is 9.37. The van der Waals surface area contributed by atoms with Crippen LogP contribution in [0.5, 0.6) is 11.5 Å². The minimum Gasteiger partial charge on any atom is -0.496 e. The second-order valence-corrected chi connectivity index (χ2v) is 7.22. The first kappa shape index (κ1) is 19.8. The molecule has 30 heavy (non-hydrogen) atoms. The molecule has 4 rings (SSSR count). The van der Waals surface area contributed by atoms with Gasteiger partial charge in [0.2, 0.25) is 5.89 Å². The highest BCUT2D eigenvalue weighted by atomic mass is 79.9. The number of hydrogen-bond acceptors (Lipinski definition) is 6. The maximum absolute atomic E-state index is 5.89. The average molecular weight is 464 g/mol. The first-order chi connectivity index (χ1) is 14.7. The third kappa shape index (κ3) is 4.93. The van der Waals surface area contributed by atoms with Gasteiger partial charge in [0, 0.05) is 22.3 Å².